The Bertz CT molecular complexity index is 847. The van der Waals surface area contributed by atoms with Gasteiger partial charge in [0.05, 0.1) is 6.20 Å². The van der Waals surface area contributed by atoms with Crippen molar-refractivity contribution in [3.63, 3.8) is 0 Å². The van der Waals surface area contributed by atoms with Crippen molar-refractivity contribution < 1.29 is 13.9 Å². The zero-order chi connectivity index (χ0) is 19.4. The predicted octanol–water partition coefficient (Wildman–Crippen LogP) is 4.38. The SMILES string of the molecule is CC(C)(C)OC(=O)N1CC=C(c2nc(Nc3ccccc3)ncc2F)CC1. The molecule has 0 saturated carbocycles. The number of ether oxygens (including phenoxy) is 1. The van der Waals surface area contributed by atoms with Crippen molar-refractivity contribution in [1.82, 2.24) is 14.9 Å². The van der Waals surface area contributed by atoms with Gasteiger partial charge in [0.25, 0.3) is 0 Å². The molecular weight excluding hydrogens is 347 g/mol. The molecule has 142 valence electrons. The van der Waals surface area contributed by atoms with Gasteiger partial charge in [0.15, 0.2) is 5.82 Å². The van der Waals surface area contributed by atoms with Gasteiger partial charge < -0.3 is 15.0 Å². The topological polar surface area (TPSA) is 67.3 Å². The van der Waals surface area contributed by atoms with Crippen LogP contribution in [0.25, 0.3) is 5.57 Å². The monoisotopic (exact) mass is 370 g/mol. The second-order valence-electron chi connectivity index (χ2n) is 7.29. The summed E-state index contributed by atoms with van der Waals surface area (Å²) in [6.07, 6.45) is 3.10. The fourth-order valence-corrected chi connectivity index (χ4v) is 2.68. The summed E-state index contributed by atoms with van der Waals surface area (Å²) in [4.78, 5) is 22.1. The predicted molar refractivity (Wildman–Crippen MR) is 102 cm³/mol. The first kappa shape index (κ1) is 18.8. The summed E-state index contributed by atoms with van der Waals surface area (Å²) in [6, 6.07) is 9.45. The second-order valence-corrected chi connectivity index (χ2v) is 7.29. The smallest absolute Gasteiger partial charge is 0.410 e. The summed E-state index contributed by atoms with van der Waals surface area (Å²) in [6.45, 7) is 6.29. The molecule has 2 heterocycles. The van der Waals surface area contributed by atoms with Crippen molar-refractivity contribution in [2.45, 2.75) is 32.8 Å². The number of amides is 1. The van der Waals surface area contributed by atoms with Crippen molar-refractivity contribution >= 4 is 23.3 Å². The van der Waals surface area contributed by atoms with Crippen LogP contribution in [0.2, 0.25) is 0 Å². The summed E-state index contributed by atoms with van der Waals surface area (Å²) in [5.74, 6) is -0.154. The largest absolute Gasteiger partial charge is 0.444 e. The van der Waals surface area contributed by atoms with Crippen molar-refractivity contribution in [1.29, 1.82) is 0 Å². The number of nitrogens with one attached hydrogen (secondary N) is 1. The molecule has 0 bridgehead atoms. The molecule has 1 aromatic carbocycles. The van der Waals surface area contributed by atoms with Gasteiger partial charge in [-0.1, -0.05) is 24.3 Å². The van der Waals surface area contributed by atoms with Crippen molar-refractivity contribution in [3.8, 4) is 0 Å². The quantitative estimate of drug-likeness (QED) is 0.868. The number of benzene rings is 1. The van der Waals surface area contributed by atoms with Gasteiger partial charge in [0, 0.05) is 18.8 Å². The standard InChI is InChI=1S/C20H23FN4O2/c1-20(2,3)27-19(26)25-11-9-14(10-12-25)17-16(21)13-22-18(24-17)23-15-7-5-4-6-8-15/h4-9,13H,10-12H2,1-3H3,(H,22,23,24). The maximum Gasteiger partial charge on any atom is 0.410 e. The van der Waals surface area contributed by atoms with Crippen LogP contribution in [-0.2, 0) is 4.74 Å². The first-order valence-corrected chi connectivity index (χ1v) is 8.84. The highest BCUT2D eigenvalue weighted by atomic mass is 19.1. The fraction of sp³-hybridized carbons (Fsp3) is 0.350. The number of hydrogen-bond acceptors (Lipinski definition) is 5. The lowest BCUT2D eigenvalue weighted by molar-refractivity contribution is 0.0270. The lowest BCUT2D eigenvalue weighted by Crippen LogP contribution is -2.39. The molecule has 1 aliphatic rings. The number of rotatable bonds is 3. The molecule has 2 aromatic rings. The van der Waals surface area contributed by atoms with Crippen LogP contribution in [0.15, 0.2) is 42.6 Å². The number of aromatic nitrogens is 2. The Morgan fingerprint density at radius 3 is 2.63 bits per heavy atom. The molecule has 0 saturated heterocycles. The molecule has 1 aromatic heterocycles. The molecule has 0 fully saturated rings. The summed E-state index contributed by atoms with van der Waals surface area (Å²) in [7, 11) is 0. The molecular formula is C20H23FN4O2. The van der Waals surface area contributed by atoms with E-state index in [9.17, 15) is 9.18 Å². The third-order valence-electron chi connectivity index (χ3n) is 3.94. The van der Waals surface area contributed by atoms with Crippen LogP contribution >= 0.6 is 0 Å². The van der Waals surface area contributed by atoms with Gasteiger partial charge in [-0.2, -0.15) is 0 Å². The molecule has 1 N–H and O–H groups in total. The van der Waals surface area contributed by atoms with Crippen LogP contribution in [0.3, 0.4) is 0 Å². The lowest BCUT2D eigenvalue weighted by atomic mass is 10.0. The number of carbonyl (C=O) groups is 1. The molecule has 0 aliphatic carbocycles. The molecule has 1 aliphatic heterocycles. The molecule has 1 amide bonds. The Balaban J connectivity index is 1.73. The summed E-state index contributed by atoms with van der Waals surface area (Å²) < 4.78 is 19.6. The van der Waals surface area contributed by atoms with E-state index < -0.39 is 11.4 Å². The summed E-state index contributed by atoms with van der Waals surface area (Å²) in [5, 5.41) is 3.06. The number of para-hydroxylation sites is 1. The van der Waals surface area contributed by atoms with E-state index >= 15 is 0 Å². The van der Waals surface area contributed by atoms with E-state index in [1.165, 1.54) is 0 Å². The first-order chi connectivity index (χ1) is 12.8. The fourth-order valence-electron chi connectivity index (χ4n) is 2.68. The first-order valence-electron chi connectivity index (χ1n) is 8.84. The van der Waals surface area contributed by atoms with Crippen molar-refractivity contribution in [2.24, 2.45) is 0 Å². The van der Waals surface area contributed by atoms with Gasteiger partial charge in [-0.15, -0.1) is 0 Å². The number of nitrogens with zero attached hydrogens (tertiary/aromatic N) is 3. The summed E-state index contributed by atoms with van der Waals surface area (Å²) in [5.41, 5.74) is 1.29. The molecule has 0 unspecified atom stereocenters. The van der Waals surface area contributed by atoms with Gasteiger partial charge in [-0.25, -0.2) is 19.2 Å². The normalized spacial score (nSPS) is 14.5. The minimum absolute atomic E-state index is 0.257. The minimum Gasteiger partial charge on any atom is -0.444 e. The van der Waals surface area contributed by atoms with E-state index in [0.717, 1.165) is 17.5 Å². The van der Waals surface area contributed by atoms with Crippen LogP contribution in [0, 0.1) is 5.82 Å². The van der Waals surface area contributed by atoms with Crippen LogP contribution in [0.4, 0.5) is 20.8 Å². The highest BCUT2D eigenvalue weighted by Gasteiger charge is 2.25. The maximum atomic E-state index is 14.3. The van der Waals surface area contributed by atoms with Crippen molar-refractivity contribution in [3.05, 3.63) is 54.1 Å². The van der Waals surface area contributed by atoms with Crippen LogP contribution in [0.1, 0.15) is 32.9 Å². The van der Waals surface area contributed by atoms with Gasteiger partial charge in [-0.05, 0) is 44.9 Å². The zero-order valence-corrected chi connectivity index (χ0v) is 15.7. The van der Waals surface area contributed by atoms with E-state index in [4.69, 9.17) is 4.74 Å². The number of halogens is 1. The Morgan fingerprint density at radius 1 is 1.26 bits per heavy atom. The average molecular weight is 370 g/mol. The van der Waals surface area contributed by atoms with Gasteiger partial charge in [0.1, 0.15) is 11.3 Å². The zero-order valence-electron chi connectivity index (χ0n) is 15.7. The van der Waals surface area contributed by atoms with Gasteiger partial charge in [0.2, 0.25) is 5.95 Å². The molecule has 7 heteroatoms. The van der Waals surface area contributed by atoms with E-state index in [-0.39, 0.29) is 11.8 Å². The van der Waals surface area contributed by atoms with Gasteiger partial charge >= 0.3 is 6.09 Å². The number of anilines is 2. The average Bonchev–Trinajstić information content (AvgIpc) is 2.63. The lowest BCUT2D eigenvalue weighted by Gasteiger charge is -2.29. The number of carbonyl (C=O) groups excluding carboxylic acids is 1. The molecule has 6 nitrogen and oxygen atoms in total. The van der Waals surface area contributed by atoms with E-state index in [1.807, 2.05) is 57.2 Å². The Labute approximate surface area is 158 Å². The van der Waals surface area contributed by atoms with Gasteiger partial charge in [-0.3, -0.25) is 0 Å². The Morgan fingerprint density at radius 2 is 2.00 bits per heavy atom. The third-order valence-corrected chi connectivity index (χ3v) is 3.94. The third kappa shape index (κ3) is 5.03. The van der Waals surface area contributed by atoms with E-state index in [1.54, 1.807) is 4.90 Å². The molecule has 27 heavy (non-hydrogen) atoms. The van der Waals surface area contributed by atoms with Crippen LogP contribution in [0.5, 0.6) is 0 Å². The van der Waals surface area contributed by atoms with Crippen LogP contribution in [-0.4, -0.2) is 39.7 Å². The summed E-state index contributed by atoms with van der Waals surface area (Å²) >= 11 is 0. The number of hydrogen-bond donors (Lipinski definition) is 1. The highest BCUT2D eigenvalue weighted by Crippen LogP contribution is 2.25. The molecule has 0 atom stereocenters. The van der Waals surface area contributed by atoms with E-state index in [2.05, 4.69) is 15.3 Å². The molecule has 0 spiro atoms. The molecule has 3 rings (SSSR count). The second kappa shape index (κ2) is 7.73. The highest BCUT2D eigenvalue weighted by molar-refractivity contribution is 5.72. The molecule has 0 radical (unpaired) electrons. The van der Waals surface area contributed by atoms with Crippen molar-refractivity contribution in [2.75, 3.05) is 18.4 Å². The Hall–Kier alpha value is -2.96. The minimum atomic E-state index is -0.544. The van der Waals surface area contributed by atoms with E-state index in [0.29, 0.717) is 25.5 Å². The Kier molecular flexibility index (Phi) is 5.39. The van der Waals surface area contributed by atoms with Crippen LogP contribution < -0.4 is 5.32 Å². The maximum absolute atomic E-state index is 14.3.